The van der Waals surface area contributed by atoms with Gasteiger partial charge >= 0.3 is 0 Å². The summed E-state index contributed by atoms with van der Waals surface area (Å²) in [5.41, 5.74) is 5.50. The normalized spacial score (nSPS) is 22.6. The Bertz CT molecular complexity index is 963. The second-order valence-corrected chi connectivity index (χ2v) is 7.56. The average molecular weight is 407 g/mol. The lowest BCUT2D eigenvalue weighted by Crippen LogP contribution is -2.49. The van der Waals surface area contributed by atoms with Crippen molar-refractivity contribution >= 4 is 0 Å². The van der Waals surface area contributed by atoms with Gasteiger partial charge in [-0.05, 0) is 38.0 Å². The van der Waals surface area contributed by atoms with Crippen LogP contribution in [0.2, 0.25) is 0 Å². The number of halogens is 1. The standard InChI is InChI=1S/C21H20FN5.C2H6O/c1-13(2)27-8-7-14-16(9-23)20(26)21(11-24,12-25)19(17(14)10-27)15-5-3-4-6-18(15)22;1-2-3/h3-7,13,17,19H,8,10,26H2,1-2H3;3H,2H2,1H3/t17-,19+;/m1./s1. The summed E-state index contributed by atoms with van der Waals surface area (Å²) in [7, 11) is 0. The smallest absolute Gasteiger partial charge is 0.191 e. The fourth-order valence-corrected chi connectivity index (χ4v) is 4.20. The third kappa shape index (κ3) is 3.81. The molecule has 0 bridgehead atoms. The van der Waals surface area contributed by atoms with E-state index in [9.17, 15) is 20.2 Å². The van der Waals surface area contributed by atoms with Gasteiger partial charge in [0.15, 0.2) is 5.41 Å². The van der Waals surface area contributed by atoms with Crippen molar-refractivity contribution in [1.29, 1.82) is 15.8 Å². The number of nitrogens with two attached hydrogens (primary N) is 1. The first-order valence-electron chi connectivity index (χ1n) is 9.85. The summed E-state index contributed by atoms with van der Waals surface area (Å²) >= 11 is 0. The highest BCUT2D eigenvalue weighted by molar-refractivity contribution is 5.59. The first-order chi connectivity index (χ1) is 14.3. The van der Waals surface area contributed by atoms with Gasteiger partial charge in [-0.1, -0.05) is 24.3 Å². The lowest BCUT2D eigenvalue weighted by atomic mass is 9.58. The Morgan fingerprint density at radius 3 is 2.37 bits per heavy atom. The first kappa shape index (κ1) is 23.1. The zero-order valence-corrected chi connectivity index (χ0v) is 17.4. The van der Waals surface area contributed by atoms with E-state index in [0.29, 0.717) is 18.7 Å². The maximum Gasteiger partial charge on any atom is 0.191 e. The van der Waals surface area contributed by atoms with Crippen molar-refractivity contribution in [3.05, 3.63) is 58.6 Å². The Labute approximate surface area is 176 Å². The molecule has 1 aliphatic heterocycles. The number of hydrogen-bond acceptors (Lipinski definition) is 6. The molecule has 1 aromatic rings. The molecular formula is C23H26FN5O. The Balaban J connectivity index is 0.00000101. The minimum absolute atomic E-state index is 0.0799. The minimum Gasteiger partial charge on any atom is -0.399 e. The monoisotopic (exact) mass is 407 g/mol. The lowest BCUT2D eigenvalue weighted by Gasteiger charge is -2.46. The van der Waals surface area contributed by atoms with Gasteiger partial charge in [-0.3, -0.25) is 4.90 Å². The van der Waals surface area contributed by atoms with Crippen LogP contribution in [0.4, 0.5) is 4.39 Å². The molecule has 0 unspecified atom stereocenters. The molecule has 0 fully saturated rings. The second kappa shape index (κ2) is 9.55. The molecule has 0 amide bonds. The Hall–Kier alpha value is -3.18. The number of nitriles is 3. The van der Waals surface area contributed by atoms with E-state index in [4.69, 9.17) is 10.8 Å². The van der Waals surface area contributed by atoms with E-state index >= 15 is 0 Å². The zero-order valence-electron chi connectivity index (χ0n) is 17.4. The van der Waals surface area contributed by atoms with Crippen molar-refractivity contribution in [3.8, 4) is 18.2 Å². The number of rotatable bonds is 2. The second-order valence-electron chi connectivity index (χ2n) is 7.56. The molecule has 1 aromatic carbocycles. The molecule has 6 nitrogen and oxygen atoms in total. The van der Waals surface area contributed by atoms with E-state index in [1.807, 2.05) is 18.2 Å². The highest BCUT2D eigenvalue weighted by Crippen LogP contribution is 2.54. The van der Waals surface area contributed by atoms with Crippen LogP contribution < -0.4 is 5.73 Å². The van der Waals surface area contributed by atoms with Gasteiger partial charge in [0.1, 0.15) is 11.9 Å². The van der Waals surface area contributed by atoms with Crippen molar-refractivity contribution in [2.24, 2.45) is 17.1 Å². The molecule has 0 radical (unpaired) electrons. The van der Waals surface area contributed by atoms with Gasteiger partial charge in [0.25, 0.3) is 0 Å². The van der Waals surface area contributed by atoms with Gasteiger partial charge < -0.3 is 10.8 Å². The van der Waals surface area contributed by atoms with E-state index in [1.165, 1.54) is 6.07 Å². The maximum absolute atomic E-state index is 14.7. The predicted octanol–water partition coefficient (Wildman–Crippen LogP) is 2.96. The first-order valence-corrected chi connectivity index (χ1v) is 9.85. The van der Waals surface area contributed by atoms with Gasteiger partial charge in [0.05, 0.1) is 23.4 Å². The van der Waals surface area contributed by atoms with Gasteiger partial charge in [0, 0.05) is 37.6 Å². The molecule has 3 rings (SSSR count). The van der Waals surface area contributed by atoms with Crippen LogP contribution in [0.25, 0.3) is 0 Å². The van der Waals surface area contributed by atoms with Crippen molar-refractivity contribution in [1.82, 2.24) is 4.90 Å². The molecule has 2 aliphatic rings. The third-order valence-corrected chi connectivity index (χ3v) is 5.66. The van der Waals surface area contributed by atoms with E-state index < -0.39 is 17.2 Å². The molecule has 156 valence electrons. The number of nitrogens with zero attached hydrogens (tertiary/aromatic N) is 4. The largest absolute Gasteiger partial charge is 0.399 e. The number of fused-ring (bicyclic) bond motifs is 1. The summed E-state index contributed by atoms with van der Waals surface area (Å²) in [6.07, 6.45) is 1.92. The lowest BCUT2D eigenvalue weighted by molar-refractivity contribution is 0.172. The summed E-state index contributed by atoms with van der Waals surface area (Å²) in [5.74, 6) is -1.65. The number of allylic oxidation sites excluding steroid dienone is 2. The van der Waals surface area contributed by atoms with Gasteiger partial charge in [-0.15, -0.1) is 0 Å². The van der Waals surface area contributed by atoms with Gasteiger partial charge in [0.2, 0.25) is 0 Å². The molecule has 3 N–H and O–H groups in total. The summed E-state index contributed by atoms with van der Waals surface area (Å²) < 4.78 is 14.7. The molecule has 1 aliphatic carbocycles. The third-order valence-electron chi connectivity index (χ3n) is 5.66. The Kier molecular flexibility index (Phi) is 7.35. The molecule has 0 saturated carbocycles. The minimum atomic E-state index is -1.80. The molecular weight excluding hydrogens is 381 g/mol. The fourth-order valence-electron chi connectivity index (χ4n) is 4.20. The van der Waals surface area contributed by atoms with Crippen molar-refractivity contribution in [3.63, 3.8) is 0 Å². The number of aliphatic hydroxyl groups excluding tert-OH is 1. The van der Waals surface area contributed by atoms with Crippen LogP contribution in [0.15, 0.2) is 47.2 Å². The maximum atomic E-state index is 14.7. The molecule has 2 atom stereocenters. The molecule has 0 saturated heterocycles. The number of benzene rings is 1. The van der Waals surface area contributed by atoms with E-state index in [2.05, 4.69) is 24.8 Å². The highest BCUT2D eigenvalue weighted by atomic mass is 19.1. The van der Waals surface area contributed by atoms with E-state index in [-0.39, 0.29) is 35.4 Å². The van der Waals surface area contributed by atoms with E-state index in [1.54, 1.807) is 25.1 Å². The molecule has 30 heavy (non-hydrogen) atoms. The quantitative estimate of drug-likeness (QED) is 0.777. The SMILES string of the molecule is CC(C)N1CC=C2C(C#N)=C(N)C(C#N)(C#N)[C@@H](c3ccccc3F)[C@@H]2C1.CCO. The Morgan fingerprint density at radius 2 is 1.87 bits per heavy atom. The Morgan fingerprint density at radius 1 is 1.27 bits per heavy atom. The van der Waals surface area contributed by atoms with Crippen LogP contribution in [0.3, 0.4) is 0 Å². The summed E-state index contributed by atoms with van der Waals surface area (Å²) in [5, 5.41) is 37.2. The summed E-state index contributed by atoms with van der Waals surface area (Å²) in [6, 6.07) is 12.5. The topological polar surface area (TPSA) is 121 Å². The van der Waals surface area contributed by atoms with E-state index in [0.717, 1.165) is 0 Å². The van der Waals surface area contributed by atoms with Gasteiger partial charge in [-0.25, -0.2) is 4.39 Å². The predicted molar refractivity (Wildman–Crippen MR) is 111 cm³/mol. The van der Waals surface area contributed by atoms with Crippen LogP contribution in [0.5, 0.6) is 0 Å². The van der Waals surface area contributed by atoms with Gasteiger partial charge in [-0.2, -0.15) is 15.8 Å². The summed E-state index contributed by atoms with van der Waals surface area (Å²) in [6.45, 7) is 7.19. The zero-order chi connectivity index (χ0) is 22.5. The highest BCUT2D eigenvalue weighted by Gasteiger charge is 2.55. The summed E-state index contributed by atoms with van der Waals surface area (Å²) in [4.78, 5) is 2.18. The molecule has 0 spiro atoms. The van der Waals surface area contributed by atoms with Crippen LogP contribution in [0, 0.1) is 51.1 Å². The molecule has 0 aromatic heterocycles. The van der Waals surface area contributed by atoms with Crippen molar-refractivity contribution in [2.45, 2.75) is 32.7 Å². The van der Waals surface area contributed by atoms with Crippen LogP contribution in [-0.2, 0) is 0 Å². The molecule has 1 heterocycles. The van der Waals surface area contributed by atoms with Crippen LogP contribution >= 0.6 is 0 Å². The van der Waals surface area contributed by atoms with Crippen molar-refractivity contribution in [2.75, 3.05) is 19.7 Å². The van der Waals surface area contributed by atoms with Crippen LogP contribution in [0.1, 0.15) is 32.3 Å². The van der Waals surface area contributed by atoms with Crippen LogP contribution in [-0.4, -0.2) is 35.7 Å². The van der Waals surface area contributed by atoms with Crippen molar-refractivity contribution < 1.29 is 9.50 Å². The average Bonchev–Trinajstić information content (AvgIpc) is 2.74. The number of aliphatic hydroxyl groups is 1. The number of hydrogen-bond donors (Lipinski definition) is 2. The fraction of sp³-hybridized carbons (Fsp3) is 0.435. The molecule has 7 heteroatoms.